The molecule has 4 unspecified atom stereocenters. The normalized spacial score (nSPS) is 28.0. The lowest BCUT2D eigenvalue weighted by atomic mass is 9.88. The maximum Gasteiger partial charge on any atom is 0.107 e. The first-order valence-electron chi connectivity index (χ1n) is 6.72. The molecule has 0 aromatic carbocycles. The SMILES string of the molecule is CC1CCCC(OC(c2ccc(Cl)s2)C(C)N)C1. The van der Waals surface area contributed by atoms with Gasteiger partial charge in [-0.15, -0.1) is 11.3 Å². The fourth-order valence-corrected chi connectivity index (χ4v) is 3.85. The van der Waals surface area contributed by atoms with Gasteiger partial charge in [0.25, 0.3) is 0 Å². The van der Waals surface area contributed by atoms with Gasteiger partial charge in [-0.05, 0) is 37.8 Å². The highest BCUT2D eigenvalue weighted by molar-refractivity contribution is 7.16. The molecule has 1 aliphatic rings. The molecule has 1 aromatic rings. The minimum absolute atomic E-state index is 0.00282. The van der Waals surface area contributed by atoms with Crippen LogP contribution in [-0.2, 0) is 4.74 Å². The minimum atomic E-state index is -0.0159. The number of ether oxygens (including phenoxy) is 1. The van der Waals surface area contributed by atoms with Gasteiger partial charge in [-0.2, -0.15) is 0 Å². The summed E-state index contributed by atoms with van der Waals surface area (Å²) in [5, 5.41) is 0. The van der Waals surface area contributed by atoms with Crippen LogP contribution in [-0.4, -0.2) is 12.1 Å². The average Bonchev–Trinajstić information content (AvgIpc) is 2.72. The van der Waals surface area contributed by atoms with Crippen molar-refractivity contribution in [1.29, 1.82) is 0 Å². The van der Waals surface area contributed by atoms with Gasteiger partial charge in [0.05, 0.1) is 10.4 Å². The molecule has 4 heteroatoms. The lowest BCUT2D eigenvalue weighted by Gasteiger charge is -2.31. The van der Waals surface area contributed by atoms with Crippen LogP contribution in [0.15, 0.2) is 12.1 Å². The second-order valence-electron chi connectivity index (χ2n) is 5.45. The Hall–Kier alpha value is -0.0900. The Labute approximate surface area is 118 Å². The van der Waals surface area contributed by atoms with Crippen LogP contribution in [0.2, 0.25) is 4.34 Å². The Morgan fingerprint density at radius 1 is 1.44 bits per heavy atom. The first kappa shape index (κ1) is 14.3. The van der Waals surface area contributed by atoms with Gasteiger partial charge in [-0.25, -0.2) is 0 Å². The fraction of sp³-hybridized carbons (Fsp3) is 0.714. The highest BCUT2D eigenvalue weighted by Gasteiger charge is 2.26. The molecule has 1 aromatic heterocycles. The first-order valence-corrected chi connectivity index (χ1v) is 7.92. The number of nitrogens with two attached hydrogens (primary N) is 1. The van der Waals surface area contributed by atoms with Gasteiger partial charge < -0.3 is 10.5 Å². The van der Waals surface area contributed by atoms with E-state index in [1.165, 1.54) is 12.8 Å². The molecular weight excluding hydrogens is 266 g/mol. The van der Waals surface area contributed by atoms with Crippen LogP contribution in [0.3, 0.4) is 0 Å². The minimum Gasteiger partial charge on any atom is -0.368 e. The second kappa shape index (κ2) is 6.38. The predicted molar refractivity (Wildman–Crippen MR) is 78.2 cm³/mol. The predicted octanol–water partition coefficient (Wildman–Crippen LogP) is 4.39. The van der Waals surface area contributed by atoms with Crippen molar-refractivity contribution in [1.82, 2.24) is 0 Å². The third-order valence-electron chi connectivity index (χ3n) is 3.58. The Bertz CT molecular complexity index is 380. The van der Waals surface area contributed by atoms with Crippen molar-refractivity contribution in [3.05, 3.63) is 21.3 Å². The molecule has 1 aliphatic carbocycles. The van der Waals surface area contributed by atoms with Crippen LogP contribution >= 0.6 is 22.9 Å². The summed E-state index contributed by atoms with van der Waals surface area (Å²) >= 11 is 7.57. The largest absolute Gasteiger partial charge is 0.368 e. The van der Waals surface area contributed by atoms with Crippen LogP contribution in [0.4, 0.5) is 0 Å². The average molecular weight is 288 g/mol. The van der Waals surface area contributed by atoms with E-state index in [1.54, 1.807) is 11.3 Å². The maximum atomic E-state index is 6.25. The van der Waals surface area contributed by atoms with Gasteiger partial charge >= 0.3 is 0 Å². The van der Waals surface area contributed by atoms with Crippen LogP contribution in [0.5, 0.6) is 0 Å². The molecule has 2 nitrogen and oxygen atoms in total. The van der Waals surface area contributed by atoms with Gasteiger partial charge in [0, 0.05) is 10.9 Å². The van der Waals surface area contributed by atoms with E-state index < -0.39 is 0 Å². The smallest absolute Gasteiger partial charge is 0.107 e. The number of halogens is 1. The highest BCUT2D eigenvalue weighted by atomic mass is 35.5. The molecular formula is C14H22ClNOS. The second-order valence-corrected chi connectivity index (χ2v) is 7.20. The van der Waals surface area contributed by atoms with Crippen molar-refractivity contribution < 1.29 is 4.74 Å². The molecule has 1 fully saturated rings. The number of hydrogen-bond donors (Lipinski definition) is 1. The van der Waals surface area contributed by atoms with Gasteiger partial charge in [0.2, 0.25) is 0 Å². The monoisotopic (exact) mass is 287 g/mol. The maximum absolute atomic E-state index is 6.25. The van der Waals surface area contributed by atoms with E-state index in [2.05, 4.69) is 6.92 Å². The Kier molecular flexibility index (Phi) is 5.07. The Morgan fingerprint density at radius 2 is 2.22 bits per heavy atom. The molecule has 0 bridgehead atoms. The zero-order chi connectivity index (χ0) is 13.1. The molecule has 2 rings (SSSR count). The summed E-state index contributed by atoms with van der Waals surface area (Å²) < 4.78 is 7.05. The molecule has 0 amide bonds. The number of rotatable bonds is 4. The molecule has 0 spiro atoms. The van der Waals surface area contributed by atoms with E-state index >= 15 is 0 Å². The zero-order valence-electron chi connectivity index (χ0n) is 11.1. The van der Waals surface area contributed by atoms with Crippen LogP contribution in [0.1, 0.15) is 50.5 Å². The third-order valence-corrected chi connectivity index (χ3v) is 4.87. The quantitative estimate of drug-likeness (QED) is 0.891. The van der Waals surface area contributed by atoms with Crippen LogP contribution in [0.25, 0.3) is 0 Å². The summed E-state index contributed by atoms with van der Waals surface area (Å²) in [6, 6.07) is 3.95. The van der Waals surface area contributed by atoms with Crippen molar-refractivity contribution in [3.8, 4) is 0 Å². The Balaban J connectivity index is 2.02. The number of thiophene rings is 1. The number of hydrogen-bond acceptors (Lipinski definition) is 3. The van der Waals surface area contributed by atoms with E-state index in [9.17, 15) is 0 Å². The molecule has 4 atom stereocenters. The standard InChI is InChI=1S/C14H22ClNOS/c1-9-4-3-5-11(8-9)17-14(10(2)16)12-6-7-13(15)18-12/h6-7,9-11,14H,3-5,8,16H2,1-2H3. The molecule has 102 valence electrons. The molecule has 0 saturated heterocycles. The summed E-state index contributed by atoms with van der Waals surface area (Å²) in [6.45, 7) is 4.31. The van der Waals surface area contributed by atoms with E-state index in [4.69, 9.17) is 22.1 Å². The third kappa shape index (κ3) is 3.70. The lowest BCUT2D eigenvalue weighted by Crippen LogP contribution is -2.32. The van der Waals surface area contributed by atoms with Crippen molar-refractivity contribution in [2.45, 2.75) is 57.8 Å². The van der Waals surface area contributed by atoms with Gasteiger partial charge in [-0.3, -0.25) is 0 Å². The molecule has 18 heavy (non-hydrogen) atoms. The van der Waals surface area contributed by atoms with Crippen molar-refractivity contribution in [3.63, 3.8) is 0 Å². The van der Waals surface area contributed by atoms with Crippen molar-refractivity contribution in [2.24, 2.45) is 11.7 Å². The molecule has 0 aliphatic heterocycles. The summed E-state index contributed by atoms with van der Waals surface area (Å²) in [7, 11) is 0. The zero-order valence-corrected chi connectivity index (χ0v) is 12.6. The van der Waals surface area contributed by atoms with Crippen molar-refractivity contribution in [2.75, 3.05) is 0 Å². The molecule has 2 N–H and O–H groups in total. The highest BCUT2D eigenvalue weighted by Crippen LogP contribution is 2.35. The summed E-state index contributed by atoms with van der Waals surface area (Å²) in [5.41, 5.74) is 6.07. The van der Waals surface area contributed by atoms with Gasteiger partial charge in [0.1, 0.15) is 6.10 Å². The fourth-order valence-electron chi connectivity index (χ4n) is 2.64. The van der Waals surface area contributed by atoms with E-state index in [0.717, 1.165) is 28.0 Å². The van der Waals surface area contributed by atoms with Crippen molar-refractivity contribution >= 4 is 22.9 Å². The van der Waals surface area contributed by atoms with E-state index in [0.29, 0.717) is 6.10 Å². The van der Waals surface area contributed by atoms with Gasteiger partial charge in [-0.1, -0.05) is 31.4 Å². The molecule has 1 saturated carbocycles. The molecule has 0 radical (unpaired) electrons. The summed E-state index contributed by atoms with van der Waals surface area (Å²) in [5.74, 6) is 0.768. The van der Waals surface area contributed by atoms with E-state index in [1.807, 2.05) is 19.1 Å². The van der Waals surface area contributed by atoms with E-state index in [-0.39, 0.29) is 12.1 Å². The first-order chi connectivity index (χ1) is 8.56. The topological polar surface area (TPSA) is 35.2 Å². The summed E-state index contributed by atoms with van der Waals surface area (Å²) in [4.78, 5) is 1.15. The molecule has 1 heterocycles. The van der Waals surface area contributed by atoms with Gasteiger partial charge in [0.15, 0.2) is 0 Å². The lowest BCUT2D eigenvalue weighted by molar-refractivity contribution is -0.0473. The summed E-state index contributed by atoms with van der Waals surface area (Å²) in [6.07, 6.45) is 5.24. The van der Waals surface area contributed by atoms with Crippen LogP contribution in [0, 0.1) is 5.92 Å². The van der Waals surface area contributed by atoms with Crippen LogP contribution < -0.4 is 5.73 Å². The Morgan fingerprint density at radius 3 is 2.78 bits per heavy atom.